The monoisotopic (exact) mass is 479 g/mol. The summed E-state index contributed by atoms with van der Waals surface area (Å²) >= 11 is 6.26. The van der Waals surface area contributed by atoms with Crippen LogP contribution in [0.4, 0.5) is 0 Å². The number of carbonyl (C=O) groups excluding carboxylic acids is 1. The molecular formula is C25H22ClN3O3S. The van der Waals surface area contributed by atoms with Crippen LogP contribution >= 0.6 is 11.6 Å². The number of amides is 1. The Hall–Kier alpha value is -3.18. The minimum Gasteiger partial charge on any atom is -0.345 e. The van der Waals surface area contributed by atoms with Crippen molar-refractivity contribution in [2.75, 3.05) is 6.54 Å². The Labute approximate surface area is 198 Å². The van der Waals surface area contributed by atoms with Crippen LogP contribution in [0.2, 0.25) is 5.02 Å². The molecule has 0 aliphatic carbocycles. The molecule has 0 bridgehead atoms. The van der Waals surface area contributed by atoms with Gasteiger partial charge in [-0.2, -0.15) is 9.57 Å². The van der Waals surface area contributed by atoms with Crippen LogP contribution in [0.1, 0.15) is 45.6 Å². The molecule has 6 nitrogen and oxygen atoms in total. The van der Waals surface area contributed by atoms with Crippen LogP contribution in [0.15, 0.2) is 71.6 Å². The van der Waals surface area contributed by atoms with Crippen LogP contribution in [0.3, 0.4) is 0 Å². The van der Waals surface area contributed by atoms with Crippen molar-refractivity contribution in [3.63, 3.8) is 0 Å². The predicted molar refractivity (Wildman–Crippen MR) is 126 cm³/mol. The summed E-state index contributed by atoms with van der Waals surface area (Å²) < 4.78 is 28.1. The molecule has 0 spiro atoms. The summed E-state index contributed by atoms with van der Waals surface area (Å²) in [6.07, 6.45) is 0.637. The normalized spacial score (nSPS) is 14.7. The lowest BCUT2D eigenvalue weighted by Crippen LogP contribution is -2.36. The van der Waals surface area contributed by atoms with Crippen LogP contribution in [-0.2, 0) is 23.0 Å². The first-order valence-corrected chi connectivity index (χ1v) is 12.3. The number of nitriles is 1. The second-order valence-electron chi connectivity index (χ2n) is 7.93. The molecular weight excluding hydrogens is 458 g/mol. The summed E-state index contributed by atoms with van der Waals surface area (Å²) in [5.74, 6) is -0.474. The zero-order valence-electron chi connectivity index (χ0n) is 18.0. The average Bonchev–Trinajstić information content (AvgIpc) is 2.83. The fraction of sp³-hybridized carbons (Fsp3) is 0.200. The number of nitrogens with zero attached hydrogens (tertiary/aromatic N) is 2. The van der Waals surface area contributed by atoms with Crippen LogP contribution in [0.5, 0.6) is 0 Å². The second kappa shape index (κ2) is 9.36. The maximum Gasteiger partial charge on any atom is 0.253 e. The Bertz CT molecular complexity index is 1350. The lowest BCUT2D eigenvalue weighted by atomic mass is 10.0. The largest absolute Gasteiger partial charge is 0.345 e. The zero-order valence-corrected chi connectivity index (χ0v) is 19.5. The van der Waals surface area contributed by atoms with Gasteiger partial charge in [0.05, 0.1) is 33.2 Å². The van der Waals surface area contributed by atoms with Crippen molar-refractivity contribution in [2.45, 2.75) is 30.8 Å². The number of fused-ring (bicyclic) bond motifs is 1. The topological polar surface area (TPSA) is 90.3 Å². The van der Waals surface area contributed by atoms with E-state index in [1.807, 2.05) is 24.3 Å². The van der Waals surface area contributed by atoms with Gasteiger partial charge in [0.2, 0.25) is 10.0 Å². The van der Waals surface area contributed by atoms with Crippen molar-refractivity contribution < 1.29 is 13.2 Å². The van der Waals surface area contributed by atoms with E-state index < -0.39 is 15.9 Å². The minimum atomic E-state index is -3.80. The van der Waals surface area contributed by atoms with Gasteiger partial charge in [0.15, 0.2) is 0 Å². The van der Waals surface area contributed by atoms with Gasteiger partial charge in [0, 0.05) is 13.1 Å². The number of halogens is 1. The van der Waals surface area contributed by atoms with E-state index in [-0.39, 0.29) is 21.5 Å². The summed E-state index contributed by atoms with van der Waals surface area (Å²) in [6, 6.07) is 20.6. The van der Waals surface area contributed by atoms with Crippen molar-refractivity contribution in [3.8, 4) is 6.07 Å². The van der Waals surface area contributed by atoms with Gasteiger partial charge in [0.25, 0.3) is 5.91 Å². The highest BCUT2D eigenvalue weighted by molar-refractivity contribution is 7.89. The highest BCUT2D eigenvalue weighted by atomic mass is 35.5. The summed E-state index contributed by atoms with van der Waals surface area (Å²) in [7, 11) is -3.80. The molecule has 3 aromatic rings. The van der Waals surface area contributed by atoms with Crippen LogP contribution in [-0.4, -0.2) is 25.2 Å². The predicted octanol–water partition coefficient (Wildman–Crippen LogP) is 4.45. The average molecular weight is 480 g/mol. The molecule has 1 amide bonds. The number of sulfonamides is 1. The Kier molecular flexibility index (Phi) is 6.52. The smallest absolute Gasteiger partial charge is 0.253 e. The van der Waals surface area contributed by atoms with Crippen molar-refractivity contribution in [3.05, 3.63) is 99.6 Å². The fourth-order valence-electron chi connectivity index (χ4n) is 3.87. The molecule has 1 aliphatic rings. The highest BCUT2D eigenvalue weighted by Gasteiger charge is 2.29. The Morgan fingerprint density at radius 3 is 2.48 bits per heavy atom. The molecule has 0 saturated heterocycles. The first-order valence-electron chi connectivity index (χ1n) is 10.5. The standard InChI is InChI=1S/C25H22ClN3O3S/c1-17(19-8-6-18(15-27)7-9-19)28-25(30)23-14-22(10-11-24(23)26)33(31,32)29-13-12-20-4-2-3-5-21(20)16-29/h2-11,14,17H,12-13,16H2,1H3,(H,28,30). The van der Waals surface area contributed by atoms with Crippen LogP contribution in [0, 0.1) is 11.3 Å². The van der Waals surface area contributed by atoms with Gasteiger partial charge in [-0.05, 0) is 60.4 Å². The third-order valence-electron chi connectivity index (χ3n) is 5.80. The zero-order chi connectivity index (χ0) is 23.6. The lowest BCUT2D eigenvalue weighted by molar-refractivity contribution is 0.0940. The molecule has 33 heavy (non-hydrogen) atoms. The molecule has 1 atom stereocenters. The van der Waals surface area contributed by atoms with E-state index in [4.69, 9.17) is 16.9 Å². The van der Waals surface area contributed by atoms with Gasteiger partial charge in [-0.1, -0.05) is 48.0 Å². The van der Waals surface area contributed by atoms with Gasteiger partial charge >= 0.3 is 0 Å². The van der Waals surface area contributed by atoms with Crippen LogP contribution in [0.25, 0.3) is 0 Å². The van der Waals surface area contributed by atoms with Gasteiger partial charge in [-0.25, -0.2) is 8.42 Å². The number of rotatable bonds is 5. The first-order chi connectivity index (χ1) is 15.8. The number of benzene rings is 3. The van der Waals surface area contributed by atoms with Crippen molar-refractivity contribution in [1.82, 2.24) is 9.62 Å². The SMILES string of the molecule is CC(NC(=O)c1cc(S(=O)(=O)N2CCc3ccccc3C2)ccc1Cl)c1ccc(C#N)cc1. The lowest BCUT2D eigenvalue weighted by Gasteiger charge is -2.28. The maximum absolute atomic E-state index is 13.3. The van der Waals surface area contributed by atoms with E-state index in [9.17, 15) is 13.2 Å². The molecule has 4 rings (SSSR count). The molecule has 168 valence electrons. The van der Waals surface area contributed by atoms with Crippen molar-refractivity contribution >= 4 is 27.5 Å². The number of hydrogen-bond donors (Lipinski definition) is 1. The molecule has 0 radical (unpaired) electrons. The third kappa shape index (κ3) is 4.79. The summed E-state index contributed by atoms with van der Waals surface area (Å²) in [6.45, 7) is 2.47. The Morgan fingerprint density at radius 1 is 1.09 bits per heavy atom. The van der Waals surface area contributed by atoms with Crippen molar-refractivity contribution in [1.29, 1.82) is 5.26 Å². The van der Waals surface area contributed by atoms with E-state index in [0.29, 0.717) is 25.1 Å². The molecule has 8 heteroatoms. The summed E-state index contributed by atoms with van der Waals surface area (Å²) in [5.41, 5.74) is 3.57. The van der Waals surface area contributed by atoms with Gasteiger partial charge in [-0.3, -0.25) is 4.79 Å². The molecule has 1 aliphatic heterocycles. The molecule has 0 fully saturated rings. The quantitative estimate of drug-likeness (QED) is 0.585. The summed E-state index contributed by atoms with van der Waals surface area (Å²) in [4.78, 5) is 13.0. The number of carbonyl (C=O) groups is 1. The number of nitrogens with one attached hydrogen (secondary N) is 1. The van der Waals surface area contributed by atoms with Gasteiger partial charge in [-0.15, -0.1) is 0 Å². The molecule has 1 N–H and O–H groups in total. The van der Waals surface area contributed by atoms with Gasteiger partial charge < -0.3 is 5.32 Å². The molecule has 1 unspecified atom stereocenters. The molecule has 0 saturated carbocycles. The van der Waals surface area contributed by atoms with Crippen molar-refractivity contribution in [2.24, 2.45) is 0 Å². The molecule has 3 aromatic carbocycles. The fourth-order valence-corrected chi connectivity index (χ4v) is 5.52. The maximum atomic E-state index is 13.3. The molecule has 0 aromatic heterocycles. The minimum absolute atomic E-state index is 0.0301. The van der Waals surface area contributed by atoms with E-state index in [0.717, 1.165) is 16.7 Å². The van der Waals surface area contributed by atoms with E-state index >= 15 is 0 Å². The first kappa shape index (κ1) is 23.0. The van der Waals surface area contributed by atoms with E-state index in [1.54, 1.807) is 31.2 Å². The highest BCUT2D eigenvalue weighted by Crippen LogP contribution is 2.28. The van der Waals surface area contributed by atoms with E-state index in [1.165, 1.54) is 22.5 Å². The van der Waals surface area contributed by atoms with Crippen LogP contribution < -0.4 is 5.32 Å². The van der Waals surface area contributed by atoms with E-state index in [2.05, 4.69) is 11.4 Å². The Balaban J connectivity index is 1.55. The Morgan fingerprint density at radius 2 is 1.79 bits per heavy atom. The number of hydrogen-bond acceptors (Lipinski definition) is 4. The molecule has 1 heterocycles. The third-order valence-corrected chi connectivity index (χ3v) is 7.97. The second-order valence-corrected chi connectivity index (χ2v) is 10.3. The van der Waals surface area contributed by atoms with Gasteiger partial charge in [0.1, 0.15) is 0 Å². The summed E-state index contributed by atoms with van der Waals surface area (Å²) in [5, 5.41) is 12.0.